The summed E-state index contributed by atoms with van der Waals surface area (Å²) in [5.41, 5.74) is 10.7. The molecule has 0 amide bonds. The van der Waals surface area contributed by atoms with Crippen molar-refractivity contribution < 1.29 is 0 Å². The van der Waals surface area contributed by atoms with Crippen LogP contribution in [0.3, 0.4) is 0 Å². The SMILES string of the molecule is C=Cc1c(-c2ccc(C(C)(C)N)cn2)ccc2[nH]ncc12. The van der Waals surface area contributed by atoms with Gasteiger partial charge in [-0.1, -0.05) is 24.8 Å². The molecule has 0 bridgehead atoms. The van der Waals surface area contributed by atoms with E-state index in [1.165, 1.54) is 0 Å². The van der Waals surface area contributed by atoms with Gasteiger partial charge in [0.05, 0.1) is 17.4 Å². The third kappa shape index (κ3) is 2.34. The summed E-state index contributed by atoms with van der Waals surface area (Å²) in [6.07, 6.45) is 5.49. The van der Waals surface area contributed by atoms with Gasteiger partial charge in [0.25, 0.3) is 0 Å². The number of fused-ring (bicyclic) bond motifs is 1. The van der Waals surface area contributed by atoms with Gasteiger partial charge >= 0.3 is 0 Å². The van der Waals surface area contributed by atoms with Crippen molar-refractivity contribution in [1.82, 2.24) is 15.2 Å². The van der Waals surface area contributed by atoms with E-state index < -0.39 is 0 Å². The fourth-order valence-electron chi connectivity index (χ4n) is 2.42. The van der Waals surface area contributed by atoms with Crippen LogP contribution in [0.2, 0.25) is 0 Å². The third-order valence-corrected chi connectivity index (χ3v) is 3.65. The van der Waals surface area contributed by atoms with E-state index in [4.69, 9.17) is 5.73 Å². The van der Waals surface area contributed by atoms with Crippen LogP contribution in [0.25, 0.3) is 28.2 Å². The molecule has 0 saturated carbocycles. The van der Waals surface area contributed by atoms with E-state index >= 15 is 0 Å². The predicted molar refractivity (Wildman–Crippen MR) is 86.6 cm³/mol. The summed E-state index contributed by atoms with van der Waals surface area (Å²) in [6.45, 7) is 7.85. The van der Waals surface area contributed by atoms with E-state index in [0.717, 1.165) is 33.3 Å². The molecule has 0 aliphatic rings. The number of H-pyrrole nitrogens is 1. The average molecular weight is 278 g/mol. The van der Waals surface area contributed by atoms with Gasteiger partial charge in [0.15, 0.2) is 0 Å². The molecule has 106 valence electrons. The van der Waals surface area contributed by atoms with Crippen molar-refractivity contribution in [1.29, 1.82) is 0 Å². The fraction of sp³-hybridized carbons (Fsp3) is 0.176. The maximum absolute atomic E-state index is 6.09. The number of nitrogens with one attached hydrogen (secondary N) is 1. The Labute approximate surface area is 123 Å². The molecule has 2 heterocycles. The number of benzene rings is 1. The van der Waals surface area contributed by atoms with E-state index in [2.05, 4.69) is 21.8 Å². The highest BCUT2D eigenvalue weighted by Crippen LogP contribution is 2.30. The van der Waals surface area contributed by atoms with E-state index in [1.54, 1.807) is 0 Å². The van der Waals surface area contributed by atoms with Gasteiger partial charge in [0.1, 0.15) is 0 Å². The minimum atomic E-state index is -0.388. The first kappa shape index (κ1) is 13.5. The number of hydrogen-bond acceptors (Lipinski definition) is 3. The van der Waals surface area contributed by atoms with Crippen LogP contribution in [0.5, 0.6) is 0 Å². The Balaban J connectivity index is 2.14. The number of aromatic nitrogens is 3. The standard InChI is InChI=1S/C17H18N4/c1-4-12-13(6-8-16-14(12)10-20-21-16)15-7-5-11(9-19-15)17(2,3)18/h4-10H,1,18H2,2-3H3,(H,20,21). The number of nitrogens with two attached hydrogens (primary N) is 1. The molecule has 3 N–H and O–H groups in total. The van der Waals surface area contributed by atoms with E-state index in [9.17, 15) is 0 Å². The molecule has 0 aliphatic heterocycles. The molecule has 3 rings (SSSR count). The van der Waals surface area contributed by atoms with Gasteiger partial charge in [-0.15, -0.1) is 0 Å². The minimum absolute atomic E-state index is 0.388. The normalized spacial score (nSPS) is 11.8. The highest BCUT2D eigenvalue weighted by atomic mass is 15.1. The van der Waals surface area contributed by atoms with Gasteiger partial charge in [-0.3, -0.25) is 10.1 Å². The summed E-state index contributed by atoms with van der Waals surface area (Å²) in [7, 11) is 0. The van der Waals surface area contributed by atoms with Gasteiger partial charge in [-0.25, -0.2) is 0 Å². The maximum Gasteiger partial charge on any atom is 0.0708 e. The van der Waals surface area contributed by atoms with E-state index in [0.29, 0.717) is 0 Å². The van der Waals surface area contributed by atoms with Crippen LogP contribution in [0.15, 0.2) is 43.2 Å². The van der Waals surface area contributed by atoms with E-state index in [-0.39, 0.29) is 5.54 Å². The zero-order chi connectivity index (χ0) is 15.0. The van der Waals surface area contributed by atoms with Crippen LogP contribution < -0.4 is 5.73 Å². The van der Waals surface area contributed by atoms with Gasteiger partial charge in [0.2, 0.25) is 0 Å². The topological polar surface area (TPSA) is 67.6 Å². The molecule has 0 saturated heterocycles. The summed E-state index contributed by atoms with van der Waals surface area (Å²) >= 11 is 0. The maximum atomic E-state index is 6.09. The lowest BCUT2D eigenvalue weighted by molar-refractivity contribution is 0.552. The lowest BCUT2D eigenvalue weighted by Gasteiger charge is -2.18. The van der Waals surface area contributed by atoms with Crippen molar-refractivity contribution in [3.8, 4) is 11.3 Å². The second-order valence-corrected chi connectivity index (χ2v) is 5.72. The van der Waals surface area contributed by atoms with Crippen LogP contribution in [-0.4, -0.2) is 15.2 Å². The van der Waals surface area contributed by atoms with Gasteiger partial charge in [0, 0.05) is 22.7 Å². The summed E-state index contributed by atoms with van der Waals surface area (Å²) in [5.74, 6) is 0. The lowest BCUT2D eigenvalue weighted by Crippen LogP contribution is -2.28. The predicted octanol–water partition coefficient (Wildman–Crippen LogP) is 3.46. The zero-order valence-corrected chi connectivity index (χ0v) is 12.2. The van der Waals surface area contributed by atoms with Gasteiger partial charge in [-0.2, -0.15) is 5.10 Å². The quantitative estimate of drug-likeness (QED) is 0.771. The van der Waals surface area contributed by atoms with Crippen molar-refractivity contribution >= 4 is 17.0 Å². The highest BCUT2D eigenvalue weighted by Gasteiger charge is 2.15. The van der Waals surface area contributed by atoms with Crippen LogP contribution in [0.4, 0.5) is 0 Å². The number of pyridine rings is 1. The van der Waals surface area contributed by atoms with Gasteiger partial charge < -0.3 is 5.73 Å². The molecule has 0 radical (unpaired) electrons. The van der Waals surface area contributed by atoms with Gasteiger partial charge in [-0.05, 0) is 37.1 Å². The first-order chi connectivity index (χ1) is 10.0. The Morgan fingerprint density at radius 2 is 2.00 bits per heavy atom. The summed E-state index contributed by atoms with van der Waals surface area (Å²) in [4.78, 5) is 4.56. The number of hydrogen-bond donors (Lipinski definition) is 2. The Bertz CT molecular complexity index is 792. The summed E-state index contributed by atoms with van der Waals surface area (Å²) in [5, 5.41) is 8.10. The molecule has 1 aromatic carbocycles. The van der Waals surface area contributed by atoms with Crippen molar-refractivity contribution in [3.63, 3.8) is 0 Å². The Kier molecular flexibility index (Phi) is 3.11. The lowest BCUT2D eigenvalue weighted by atomic mass is 9.95. The van der Waals surface area contributed by atoms with Crippen molar-refractivity contribution in [2.24, 2.45) is 5.73 Å². The number of rotatable bonds is 3. The molecule has 3 aromatic rings. The third-order valence-electron chi connectivity index (χ3n) is 3.65. The largest absolute Gasteiger partial charge is 0.322 e. The van der Waals surface area contributed by atoms with Crippen LogP contribution in [0.1, 0.15) is 25.0 Å². The highest BCUT2D eigenvalue weighted by molar-refractivity contribution is 5.94. The minimum Gasteiger partial charge on any atom is -0.322 e. The van der Waals surface area contributed by atoms with Crippen LogP contribution in [0, 0.1) is 0 Å². The number of nitrogens with zero attached hydrogens (tertiary/aromatic N) is 2. The summed E-state index contributed by atoms with van der Waals surface area (Å²) in [6, 6.07) is 8.06. The molecule has 4 nitrogen and oxygen atoms in total. The molecule has 4 heteroatoms. The smallest absolute Gasteiger partial charge is 0.0708 e. The fourth-order valence-corrected chi connectivity index (χ4v) is 2.42. The van der Waals surface area contributed by atoms with Crippen LogP contribution >= 0.6 is 0 Å². The molecule has 0 aliphatic carbocycles. The Morgan fingerprint density at radius 1 is 1.19 bits per heavy atom. The summed E-state index contributed by atoms with van der Waals surface area (Å²) < 4.78 is 0. The number of aromatic amines is 1. The second kappa shape index (κ2) is 4.82. The zero-order valence-electron chi connectivity index (χ0n) is 12.2. The first-order valence-corrected chi connectivity index (χ1v) is 6.85. The van der Waals surface area contributed by atoms with Crippen LogP contribution in [-0.2, 0) is 5.54 Å². The Morgan fingerprint density at radius 3 is 2.62 bits per heavy atom. The van der Waals surface area contributed by atoms with E-state index in [1.807, 2.05) is 56.6 Å². The average Bonchev–Trinajstić information content (AvgIpc) is 2.94. The molecule has 0 atom stereocenters. The molecule has 2 aromatic heterocycles. The molecule has 0 spiro atoms. The van der Waals surface area contributed by atoms with Crippen molar-refractivity contribution in [2.45, 2.75) is 19.4 Å². The monoisotopic (exact) mass is 278 g/mol. The Hall–Kier alpha value is -2.46. The van der Waals surface area contributed by atoms with Crippen molar-refractivity contribution in [3.05, 3.63) is 54.4 Å². The second-order valence-electron chi connectivity index (χ2n) is 5.72. The molecule has 21 heavy (non-hydrogen) atoms. The molecule has 0 unspecified atom stereocenters. The first-order valence-electron chi connectivity index (χ1n) is 6.85. The molecular weight excluding hydrogens is 260 g/mol. The molecule has 0 fully saturated rings. The van der Waals surface area contributed by atoms with Crippen molar-refractivity contribution in [2.75, 3.05) is 0 Å². The molecular formula is C17H18N4.